The van der Waals surface area contributed by atoms with Crippen molar-refractivity contribution in [2.24, 2.45) is 0 Å². The summed E-state index contributed by atoms with van der Waals surface area (Å²) >= 11 is 0. The molecule has 5 nitrogen and oxygen atoms in total. The molecule has 1 aromatic rings. The van der Waals surface area contributed by atoms with Crippen molar-refractivity contribution in [1.82, 2.24) is 4.98 Å². The summed E-state index contributed by atoms with van der Waals surface area (Å²) in [6, 6.07) is 1.54. The molecule has 0 aliphatic rings. The van der Waals surface area contributed by atoms with Gasteiger partial charge in [-0.2, -0.15) is 13.8 Å². The average Bonchev–Trinajstić information content (AvgIpc) is 2.26. The highest BCUT2D eigenvalue weighted by atomic mass is 19.1. The first-order chi connectivity index (χ1) is 7.93. The lowest BCUT2D eigenvalue weighted by Crippen LogP contribution is -2.23. The number of carbonyl (C=O) groups excluding carboxylic acids is 1. The van der Waals surface area contributed by atoms with Gasteiger partial charge in [0.15, 0.2) is 0 Å². The highest BCUT2D eigenvalue weighted by molar-refractivity contribution is 5.69. The molecule has 2 N–H and O–H groups in total. The molecular formula is C10H11F2NO4. The molecule has 0 amide bonds. The van der Waals surface area contributed by atoms with Crippen molar-refractivity contribution in [2.45, 2.75) is 18.6 Å². The Morgan fingerprint density at radius 3 is 2.41 bits per heavy atom. The fourth-order valence-corrected chi connectivity index (χ4v) is 1.24. The minimum absolute atomic E-state index is 0.202. The molecule has 1 heterocycles. The smallest absolute Gasteiger partial charge is 0.308 e. The lowest BCUT2D eigenvalue weighted by atomic mass is 10.0. The summed E-state index contributed by atoms with van der Waals surface area (Å²) in [6.45, 7) is 0. The van der Waals surface area contributed by atoms with E-state index < -0.39 is 36.5 Å². The molecule has 0 spiro atoms. The Bertz CT molecular complexity index is 393. The topological polar surface area (TPSA) is 79.7 Å². The van der Waals surface area contributed by atoms with E-state index in [1.165, 1.54) is 0 Å². The van der Waals surface area contributed by atoms with Crippen molar-refractivity contribution in [3.8, 4) is 0 Å². The Morgan fingerprint density at radius 2 is 1.94 bits per heavy atom. The van der Waals surface area contributed by atoms with Crippen molar-refractivity contribution in [2.75, 3.05) is 7.11 Å². The molecule has 0 radical (unpaired) electrons. The van der Waals surface area contributed by atoms with E-state index in [2.05, 4.69) is 9.72 Å². The monoisotopic (exact) mass is 247 g/mol. The molecule has 1 aromatic heterocycles. The number of halogens is 2. The van der Waals surface area contributed by atoms with Gasteiger partial charge in [0.2, 0.25) is 11.9 Å². The van der Waals surface area contributed by atoms with Crippen LogP contribution in [0.5, 0.6) is 0 Å². The second kappa shape index (κ2) is 5.65. The molecule has 0 aliphatic heterocycles. The Hall–Kier alpha value is -1.60. The zero-order valence-corrected chi connectivity index (χ0v) is 8.93. The van der Waals surface area contributed by atoms with Gasteiger partial charge >= 0.3 is 5.97 Å². The van der Waals surface area contributed by atoms with Crippen LogP contribution in [-0.2, 0) is 9.53 Å². The first-order valence-corrected chi connectivity index (χ1v) is 4.70. The Labute approximate surface area is 95.7 Å². The summed E-state index contributed by atoms with van der Waals surface area (Å²) in [5.41, 5.74) is -0.202. The van der Waals surface area contributed by atoms with Crippen LogP contribution < -0.4 is 0 Å². The fourth-order valence-electron chi connectivity index (χ4n) is 1.24. The predicted octanol–water partition coefficient (Wildman–Crippen LogP) is 0.317. The highest BCUT2D eigenvalue weighted by Crippen LogP contribution is 2.20. The Balaban J connectivity index is 2.80. The number of nitrogens with zero attached hydrogens (tertiary/aromatic N) is 1. The zero-order chi connectivity index (χ0) is 13.0. The maximum atomic E-state index is 12.7. The van der Waals surface area contributed by atoms with Gasteiger partial charge in [0.05, 0.1) is 19.6 Å². The molecule has 0 fully saturated rings. The molecule has 2 atom stereocenters. The quantitative estimate of drug-likeness (QED) is 0.591. The van der Waals surface area contributed by atoms with Gasteiger partial charge in [-0.15, -0.1) is 0 Å². The van der Waals surface area contributed by atoms with Crippen molar-refractivity contribution < 1.29 is 28.5 Å². The maximum absolute atomic E-state index is 12.7. The van der Waals surface area contributed by atoms with Crippen LogP contribution >= 0.6 is 0 Å². The first kappa shape index (κ1) is 13.5. The van der Waals surface area contributed by atoms with Crippen LogP contribution in [0, 0.1) is 11.9 Å². The molecule has 94 valence electrons. The number of hydrogen-bond donors (Lipinski definition) is 2. The van der Waals surface area contributed by atoms with Crippen LogP contribution in [0.15, 0.2) is 12.1 Å². The number of ether oxygens (including phenoxy) is 1. The molecule has 0 aliphatic carbocycles. The molecule has 0 saturated carbocycles. The lowest BCUT2D eigenvalue weighted by molar-refractivity contribution is -0.144. The van der Waals surface area contributed by atoms with Crippen LogP contribution in [0.1, 0.15) is 18.1 Å². The van der Waals surface area contributed by atoms with Gasteiger partial charge in [0.25, 0.3) is 0 Å². The summed E-state index contributed by atoms with van der Waals surface area (Å²) in [5.74, 6) is -2.99. The molecular weight excluding hydrogens is 236 g/mol. The highest BCUT2D eigenvalue weighted by Gasteiger charge is 2.23. The Kier molecular flexibility index (Phi) is 4.47. The van der Waals surface area contributed by atoms with Crippen molar-refractivity contribution in [3.05, 3.63) is 29.6 Å². The molecule has 7 heteroatoms. The van der Waals surface area contributed by atoms with E-state index in [1.54, 1.807) is 0 Å². The number of hydrogen-bond acceptors (Lipinski definition) is 5. The Morgan fingerprint density at radius 1 is 1.41 bits per heavy atom. The van der Waals surface area contributed by atoms with Gasteiger partial charge in [-0.1, -0.05) is 0 Å². The zero-order valence-electron chi connectivity index (χ0n) is 8.93. The third-order valence-corrected chi connectivity index (χ3v) is 2.09. The van der Waals surface area contributed by atoms with E-state index in [9.17, 15) is 23.8 Å². The lowest BCUT2D eigenvalue weighted by Gasteiger charge is -2.16. The van der Waals surface area contributed by atoms with E-state index in [0.717, 1.165) is 19.2 Å². The molecule has 0 bridgehead atoms. The van der Waals surface area contributed by atoms with Crippen molar-refractivity contribution in [3.63, 3.8) is 0 Å². The number of aliphatic hydroxyl groups is 2. The standard InChI is InChI=1S/C10H11F2NO4/c1-17-9(15)4-6(14)10(16)5-2-7(11)13-8(12)3-5/h2-3,6,10,14,16H,4H2,1H3. The van der Waals surface area contributed by atoms with Crippen LogP contribution in [0.2, 0.25) is 0 Å². The fraction of sp³-hybridized carbons (Fsp3) is 0.400. The van der Waals surface area contributed by atoms with Crippen LogP contribution in [0.3, 0.4) is 0 Å². The normalized spacial score (nSPS) is 14.2. The largest absolute Gasteiger partial charge is 0.469 e. The third kappa shape index (κ3) is 3.72. The number of pyridine rings is 1. The van der Waals surface area contributed by atoms with Gasteiger partial charge in [0.1, 0.15) is 6.10 Å². The van der Waals surface area contributed by atoms with Gasteiger partial charge in [-0.05, 0) is 17.7 Å². The average molecular weight is 247 g/mol. The summed E-state index contributed by atoms with van der Waals surface area (Å²) in [7, 11) is 1.12. The predicted molar refractivity (Wildman–Crippen MR) is 51.8 cm³/mol. The van der Waals surface area contributed by atoms with Gasteiger partial charge in [-0.3, -0.25) is 4.79 Å². The van der Waals surface area contributed by atoms with E-state index in [4.69, 9.17) is 0 Å². The first-order valence-electron chi connectivity index (χ1n) is 4.70. The number of carbonyl (C=O) groups is 1. The van der Waals surface area contributed by atoms with Crippen LogP contribution in [0.25, 0.3) is 0 Å². The van der Waals surface area contributed by atoms with Crippen LogP contribution in [0.4, 0.5) is 8.78 Å². The molecule has 1 rings (SSSR count). The number of aromatic nitrogens is 1. The summed E-state index contributed by atoms with van der Waals surface area (Å²) in [6.07, 6.45) is -3.59. The maximum Gasteiger partial charge on any atom is 0.308 e. The van der Waals surface area contributed by atoms with Gasteiger partial charge < -0.3 is 14.9 Å². The SMILES string of the molecule is COC(=O)CC(O)C(O)c1cc(F)nc(F)c1. The van der Waals surface area contributed by atoms with E-state index >= 15 is 0 Å². The molecule has 0 aromatic carbocycles. The van der Waals surface area contributed by atoms with E-state index in [1.807, 2.05) is 0 Å². The van der Waals surface area contributed by atoms with Crippen LogP contribution in [-0.4, -0.2) is 34.4 Å². The summed E-state index contributed by atoms with van der Waals surface area (Å²) in [5, 5.41) is 19.0. The summed E-state index contributed by atoms with van der Waals surface area (Å²) < 4.78 is 29.8. The molecule has 17 heavy (non-hydrogen) atoms. The number of methoxy groups -OCH3 is 1. The van der Waals surface area contributed by atoms with E-state index in [-0.39, 0.29) is 5.56 Å². The third-order valence-electron chi connectivity index (χ3n) is 2.09. The van der Waals surface area contributed by atoms with E-state index in [0.29, 0.717) is 0 Å². The minimum Gasteiger partial charge on any atom is -0.469 e. The number of esters is 1. The number of aliphatic hydroxyl groups excluding tert-OH is 2. The minimum atomic E-state index is -1.60. The van der Waals surface area contributed by atoms with Crippen molar-refractivity contribution in [1.29, 1.82) is 0 Å². The number of rotatable bonds is 4. The van der Waals surface area contributed by atoms with Crippen molar-refractivity contribution >= 4 is 5.97 Å². The second-order valence-electron chi connectivity index (χ2n) is 3.34. The molecule has 2 unspecified atom stereocenters. The van der Waals surface area contributed by atoms with Gasteiger partial charge in [0, 0.05) is 0 Å². The van der Waals surface area contributed by atoms with Gasteiger partial charge in [-0.25, -0.2) is 0 Å². The molecule has 0 saturated heterocycles. The summed E-state index contributed by atoms with van der Waals surface area (Å²) in [4.78, 5) is 13.7. The second-order valence-corrected chi connectivity index (χ2v) is 3.34.